The van der Waals surface area contributed by atoms with Crippen molar-refractivity contribution in [3.05, 3.63) is 54.1 Å². The zero-order valence-corrected chi connectivity index (χ0v) is 10.5. The third-order valence-corrected chi connectivity index (χ3v) is 2.53. The van der Waals surface area contributed by atoms with Crippen molar-refractivity contribution in [2.24, 2.45) is 0 Å². The van der Waals surface area contributed by atoms with Gasteiger partial charge in [-0.1, -0.05) is 30.3 Å². The summed E-state index contributed by atoms with van der Waals surface area (Å²) < 4.78 is 16.2. The average molecular weight is 243 g/mol. The van der Waals surface area contributed by atoms with Crippen LogP contribution in [0.15, 0.2) is 42.5 Å². The van der Waals surface area contributed by atoms with Gasteiger partial charge in [-0.3, -0.25) is 0 Å². The van der Waals surface area contributed by atoms with Gasteiger partial charge in [0.25, 0.3) is 0 Å². The Balaban J connectivity index is 2.17. The van der Waals surface area contributed by atoms with Crippen LogP contribution in [-0.2, 0) is 6.61 Å². The molecule has 2 aromatic rings. The van der Waals surface area contributed by atoms with Gasteiger partial charge in [0.1, 0.15) is 6.61 Å². The number of rotatable bonds is 5. The molecule has 0 heterocycles. The molecule has 0 aromatic heterocycles. The van der Waals surface area contributed by atoms with Crippen LogP contribution >= 0.6 is 0 Å². The van der Waals surface area contributed by atoms with E-state index in [2.05, 4.69) is 6.07 Å². The summed E-state index contributed by atoms with van der Waals surface area (Å²) in [6.07, 6.45) is 0. The van der Waals surface area contributed by atoms with E-state index in [4.69, 9.17) is 14.2 Å². The van der Waals surface area contributed by atoms with Crippen molar-refractivity contribution in [1.82, 2.24) is 0 Å². The van der Waals surface area contributed by atoms with E-state index in [1.54, 1.807) is 26.4 Å². The van der Waals surface area contributed by atoms with Gasteiger partial charge in [0.15, 0.2) is 11.5 Å². The summed E-state index contributed by atoms with van der Waals surface area (Å²) in [5.41, 5.74) is 1.09. The van der Waals surface area contributed by atoms with Crippen LogP contribution in [0.3, 0.4) is 0 Å². The fourth-order valence-corrected chi connectivity index (χ4v) is 1.62. The van der Waals surface area contributed by atoms with E-state index >= 15 is 0 Å². The highest BCUT2D eigenvalue weighted by molar-refractivity contribution is 5.50. The fourth-order valence-electron chi connectivity index (χ4n) is 1.62. The van der Waals surface area contributed by atoms with Crippen molar-refractivity contribution in [3.8, 4) is 17.2 Å². The summed E-state index contributed by atoms with van der Waals surface area (Å²) in [7, 11) is 3.19. The molecule has 0 spiro atoms. The van der Waals surface area contributed by atoms with Gasteiger partial charge < -0.3 is 14.2 Å². The van der Waals surface area contributed by atoms with E-state index in [0.29, 0.717) is 23.9 Å². The average Bonchev–Trinajstić information content (AvgIpc) is 2.45. The highest BCUT2D eigenvalue weighted by Crippen LogP contribution is 2.36. The van der Waals surface area contributed by atoms with Crippen molar-refractivity contribution in [2.75, 3.05) is 14.2 Å². The Morgan fingerprint density at radius 1 is 1.00 bits per heavy atom. The number of benzene rings is 2. The van der Waals surface area contributed by atoms with E-state index in [1.165, 1.54) is 0 Å². The monoisotopic (exact) mass is 243 g/mol. The zero-order chi connectivity index (χ0) is 12.8. The van der Waals surface area contributed by atoms with Crippen molar-refractivity contribution in [3.63, 3.8) is 0 Å². The third-order valence-electron chi connectivity index (χ3n) is 2.53. The van der Waals surface area contributed by atoms with Crippen LogP contribution in [0.2, 0.25) is 0 Å². The Kier molecular flexibility index (Phi) is 4.07. The molecule has 0 saturated carbocycles. The molecule has 0 unspecified atom stereocenters. The number of ether oxygens (including phenoxy) is 3. The topological polar surface area (TPSA) is 27.7 Å². The number of methoxy groups -OCH3 is 2. The summed E-state index contributed by atoms with van der Waals surface area (Å²) in [4.78, 5) is 0. The first-order valence-electron chi connectivity index (χ1n) is 5.64. The Hall–Kier alpha value is -2.16. The molecule has 3 nitrogen and oxygen atoms in total. The number of hydrogen-bond donors (Lipinski definition) is 0. The normalized spacial score (nSPS) is 9.89. The largest absolute Gasteiger partial charge is 0.493 e. The molecule has 2 aromatic carbocycles. The molecule has 0 fully saturated rings. The van der Waals surface area contributed by atoms with Crippen molar-refractivity contribution >= 4 is 0 Å². The molecule has 0 atom stereocenters. The van der Waals surface area contributed by atoms with Gasteiger partial charge in [-0.2, -0.15) is 0 Å². The molecule has 0 aliphatic carbocycles. The molecule has 93 valence electrons. The first kappa shape index (κ1) is 12.3. The predicted molar refractivity (Wildman–Crippen MR) is 69.2 cm³/mol. The van der Waals surface area contributed by atoms with Gasteiger partial charge in [-0.15, -0.1) is 0 Å². The van der Waals surface area contributed by atoms with E-state index in [0.717, 1.165) is 5.56 Å². The molecule has 1 radical (unpaired) electrons. The van der Waals surface area contributed by atoms with E-state index in [9.17, 15) is 0 Å². The van der Waals surface area contributed by atoms with Gasteiger partial charge in [-0.25, -0.2) is 0 Å². The van der Waals surface area contributed by atoms with Crippen LogP contribution in [0.4, 0.5) is 0 Å². The Bertz CT molecular complexity index is 472. The van der Waals surface area contributed by atoms with Crippen LogP contribution in [0.25, 0.3) is 0 Å². The first-order valence-corrected chi connectivity index (χ1v) is 5.64. The van der Waals surface area contributed by atoms with Gasteiger partial charge in [0.2, 0.25) is 5.75 Å². The van der Waals surface area contributed by atoms with Crippen molar-refractivity contribution in [2.45, 2.75) is 6.61 Å². The molecule has 0 amide bonds. The summed E-state index contributed by atoms with van der Waals surface area (Å²) >= 11 is 0. The van der Waals surface area contributed by atoms with E-state index in [1.807, 2.05) is 30.3 Å². The van der Waals surface area contributed by atoms with Gasteiger partial charge in [0, 0.05) is 6.07 Å². The third kappa shape index (κ3) is 2.74. The standard InChI is InChI=1S/C15H15O3/c1-16-13-9-6-10-14(17-2)15(13)18-11-12-7-4-3-5-8-12/h3-9H,11H2,1-2H3. The second kappa shape index (κ2) is 5.96. The molecular formula is C15H15O3. The van der Waals surface area contributed by atoms with Crippen molar-refractivity contribution in [1.29, 1.82) is 0 Å². The van der Waals surface area contributed by atoms with Crippen LogP contribution < -0.4 is 14.2 Å². The second-order valence-electron chi connectivity index (χ2n) is 3.68. The maximum atomic E-state index is 5.75. The van der Waals surface area contributed by atoms with Crippen LogP contribution in [0.1, 0.15) is 5.56 Å². The summed E-state index contributed by atoms with van der Waals surface area (Å²) in [6, 6.07) is 16.4. The molecule has 2 rings (SSSR count). The Labute approximate surface area is 107 Å². The molecule has 0 aliphatic rings. The lowest BCUT2D eigenvalue weighted by atomic mass is 10.2. The lowest BCUT2D eigenvalue weighted by Crippen LogP contribution is -1.99. The lowest BCUT2D eigenvalue weighted by molar-refractivity contribution is 0.265. The fraction of sp³-hybridized carbons (Fsp3) is 0.200. The molecule has 0 saturated heterocycles. The van der Waals surface area contributed by atoms with Crippen molar-refractivity contribution < 1.29 is 14.2 Å². The minimum atomic E-state index is 0.464. The number of hydrogen-bond acceptors (Lipinski definition) is 3. The maximum Gasteiger partial charge on any atom is 0.204 e. The first-order chi connectivity index (χ1) is 8.85. The Morgan fingerprint density at radius 2 is 1.78 bits per heavy atom. The predicted octanol–water partition coefficient (Wildman–Crippen LogP) is 3.08. The van der Waals surface area contributed by atoms with Gasteiger partial charge in [0.05, 0.1) is 14.2 Å². The SMILES string of the molecule is COc1[c]ccc(OC)c1OCc1ccccc1. The molecule has 0 aliphatic heterocycles. The molecular weight excluding hydrogens is 228 g/mol. The minimum absolute atomic E-state index is 0.464. The summed E-state index contributed by atoms with van der Waals surface area (Å²) in [6.45, 7) is 0.464. The van der Waals surface area contributed by atoms with Gasteiger partial charge in [-0.05, 0) is 17.7 Å². The highest BCUT2D eigenvalue weighted by atomic mass is 16.5. The summed E-state index contributed by atoms with van der Waals surface area (Å²) in [5, 5.41) is 0. The zero-order valence-electron chi connectivity index (χ0n) is 10.5. The Morgan fingerprint density at radius 3 is 2.44 bits per heavy atom. The second-order valence-corrected chi connectivity index (χ2v) is 3.68. The maximum absolute atomic E-state index is 5.75. The van der Waals surface area contributed by atoms with E-state index in [-0.39, 0.29) is 0 Å². The smallest absolute Gasteiger partial charge is 0.204 e. The van der Waals surface area contributed by atoms with E-state index < -0.39 is 0 Å². The highest BCUT2D eigenvalue weighted by Gasteiger charge is 2.11. The molecule has 0 N–H and O–H groups in total. The molecule has 18 heavy (non-hydrogen) atoms. The van der Waals surface area contributed by atoms with Gasteiger partial charge >= 0.3 is 0 Å². The summed E-state index contributed by atoms with van der Waals surface area (Å²) in [5.74, 6) is 1.76. The molecule has 3 heteroatoms. The quantitative estimate of drug-likeness (QED) is 0.807. The lowest BCUT2D eigenvalue weighted by Gasteiger charge is -2.13. The van der Waals surface area contributed by atoms with Crippen LogP contribution in [-0.4, -0.2) is 14.2 Å². The van der Waals surface area contributed by atoms with Crippen LogP contribution in [0.5, 0.6) is 17.2 Å². The van der Waals surface area contributed by atoms with Crippen LogP contribution in [0, 0.1) is 6.07 Å². The molecule has 0 bridgehead atoms. The minimum Gasteiger partial charge on any atom is -0.493 e.